The highest BCUT2D eigenvalue weighted by Crippen LogP contribution is 2.32. The molecule has 0 aromatic carbocycles. The molecule has 1 saturated carbocycles. The van der Waals surface area contributed by atoms with Crippen molar-refractivity contribution in [3.63, 3.8) is 0 Å². The van der Waals surface area contributed by atoms with Crippen LogP contribution in [0.3, 0.4) is 0 Å². The van der Waals surface area contributed by atoms with Crippen LogP contribution in [0.5, 0.6) is 0 Å². The summed E-state index contributed by atoms with van der Waals surface area (Å²) in [5.41, 5.74) is 0. The Bertz CT molecular complexity index is 180. The van der Waals surface area contributed by atoms with E-state index >= 15 is 0 Å². The molecule has 0 spiro atoms. The maximum absolute atomic E-state index is 9.22. The smallest absolute Gasteiger partial charge is 0.0602 e. The van der Waals surface area contributed by atoms with Gasteiger partial charge < -0.3 is 10.2 Å². The van der Waals surface area contributed by atoms with Crippen LogP contribution in [0.1, 0.15) is 39.5 Å². The van der Waals surface area contributed by atoms with Crippen LogP contribution in [0, 0.1) is 11.8 Å². The fourth-order valence-electron chi connectivity index (χ4n) is 2.38. The number of hydrogen-bond donors (Lipinski definition) is 2. The summed E-state index contributed by atoms with van der Waals surface area (Å²) in [6.07, 6.45) is 5.09. The average molecular weight is 293 g/mol. The van der Waals surface area contributed by atoms with Crippen LogP contribution in [0.2, 0.25) is 0 Å². The van der Waals surface area contributed by atoms with Crippen molar-refractivity contribution in [1.82, 2.24) is 0 Å². The van der Waals surface area contributed by atoms with Gasteiger partial charge >= 0.3 is 0 Å². The molecule has 0 radical (unpaired) electrons. The fourth-order valence-corrected chi connectivity index (χ4v) is 4.66. The predicted octanol–water partition coefficient (Wildman–Crippen LogP) is 3.02. The first-order valence-corrected chi connectivity index (χ1v) is 9.40. The second-order valence-electron chi connectivity index (χ2n) is 5.66. The van der Waals surface area contributed by atoms with E-state index in [0.29, 0.717) is 0 Å². The van der Waals surface area contributed by atoms with Crippen molar-refractivity contribution in [2.24, 2.45) is 11.8 Å². The molecule has 1 aliphatic carbocycles. The van der Waals surface area contributed by atoms with Gasteiger partial charge in [0.05, 0.1) is 12.2 Å². The molecule has 1 rings (SSSR count). The molecular weight excluding hydrogens is 264 g/mol. The molecule has 1 fully saturated rings. The van der Waals surface area contributed by atoms with Gasteiger partial charge in [-0.2, -0.15) is 23.5 Å². The Morgan fingerprint density at radius 1 is 0.833 bits per heavy atom. The first-order chi connectivity index (χ1) is 8.58. The van der Waals surface area contributed by atoms with Gasteiger partial charge in [0.25, 0.3) is 0 Å². The average Bonchev–Trinajstić information content (AvgIpc) is 2.30. The molecule has 0 amide bonds. The van der Waals surface area contributed by atoms with E-state index in [2.05, 4.69) is 0 Å². The third kappa shape index (κ3) is 7.93. The molecule has 0 aliphatic heterocycles. The van der Waals surface area contributed by atoms with Gasteiger partial charge in [0, 0.05) is 11.5 Å². The van der Waals surface area contributed by atoms with E-state index in [4.69, 9.17) is 0 Å². The molecule has 2 atom stereocenters. The highest BCUT2D eigenvalue weighted by Gasteiger charge is 2.21. The first kappa shape index (κ1) is 16.7. The molecule has 0 heterocycles. The van der Waals surface area contributed by atoms with E-state index in [1.807, 2.05) is 37.4 Å². The molecule has 2 nitrogen and oxygen atoms in total. The van der Waals surface area contributed by atoms with Crippen molar-refractivity contribution in [2.45, 2.75) is 51.7 Å². The lowest BCUT2D eigenvalue weighted by Gasteiger charge is -2.28. The number of aliphatic hydroxyl groups is 2. The molecule has 1 aliphatic rings. The molecule has 4 heteroatoms. The Balaban J connectivity index is 2.02. The van der Waals surface area contributed by atoms with Crippen molar-refractivity contribution in [2.75, 3.05) is 23.0 Å². The zero-order chi connectivity index (χ0) is 13.4. The van der Waals surface area contributed by atoms with Crippen LogP contribution in [0.25, 0.3) is 0 Å². The molecule has 0 saturated heterocycles. The van der Waals surface area contributed by atoms with Gasteiger partial charge in [0.2, 0.25) is 0 Å². The summed E-state index contributed by atoms with van der Waals surface area (Å²) in [6, 6.07) is 0. The van der Waals surface area contributed by atoms with Gasteiger partial charge in [-0.15, -0.1) is 0 Å². The normalized spacial score (nSPS) is 28.0. The SMILES string of the molecule is CC(O)CSCC1CCC(CSCC(C)O)CC1. The first-order valence-electron chi connectivity index (χ1n) is 7.09. The second-order valence-corrected chi connectivity index (χ2v) is 7.81. The maximum Gasteiger partial charge on any atom is 0.0602 e. The molecule has 2 unspecified atom stereocenters. The van der Waals surface area contributed by atoms with E-state index in [0.717, 1.165) is 23.3 Å². The number of thioether (sulfide) groups is 2. The monoisotopic (exact) mass is 292 g/mol. The van der Waals surface area contributed by atoms with Crippen molar-refractivity contribution in [3.8, 4) is 0 Å². The Hall–Kier alpha value is 0.620. The minimum atomic E-state index is -0.164. The van der Waals surface area contributed by atoms with E-state index in [1.165, 1.54) is 37.2 Å². The summed E-state index contributed by atoms with van der Waals surface area (Å²) in [4.78, 5) is 0. The van der Waals surface area contributed by atoms with Gasteiger partial charge in [-0.05, 0) is 62.9 Å². The summed E-state index contributed by atoms with van der Waals surface area (Å²) in [5, 5.41) is 18.4. The van der Waals surface area contributed by atoms with Crippen molar-refractivity contribution in [1.29, 1.82) is 0 Å². The molecule has 0 aromatic heterocycles. The van der Waals surface area contributed by atoms with Crippen LogP contribution >= 0.6 is 23.5 Å². The third-order valence-corrected chi connectivity index (χ3v) is 6.24. The molecular formula is C14H28O2S2. The van der Waals surface area contributed by atoms with E-state index in [1.54, 1.807) is 0 Å². The zero-order valence-corrected chi connectivity index (χ0v) is 13.3. The lowest BCUT2D eigenvalue weighted by molar-refractivity contribution is 0.219. The summed E-state index contributed by atoms with van der Waals surface area (Å²) < 4.78 is 0. The van der Waals surface area contributed by atoms with Crippen molar-refractivity contribution in [3.05, 3.63) is 0 Å². The second kappa shape index (κ2) is 9.51. The van der Waals surface area contributed by atoms with E-state index in [-0.39, 0.29) is 12.2 Å². The molecule has 18 heavy (non-hydrogen) atoms. The van der Waals surface area contributed by atoms with Crippen LogP contribution < -0.4 is 0 Å². The maximum atomic E-state index is 9.22. The minimum absolute atomic E-state index is 0.164. The van der Waals surface area contributed by atoms with Crippen LogP contribution in [-0.4, -0.2) is 45.4 Å². The topological polar surface area (TPSA) is 40.5 Å². The van der Waals surface area contributed by atoms with E-state index < -0.39 is 0 Å². The molecule has 0 aromatic rings. The quantitative estimate of drug-likeness (QED) is 0.721. The number of rotatable bonds is 8. The van der Waals surface area contributed by atoms with Gasteiger partial charge in [-0.1, -0.05) is 0 Å². The van der Waals surface area contributed by atoms with Gasteiger partial charge in [-0.25, -0.2) is 0 Å². The molecule has 108 valence electrons. The summed E-state index contributed by atoms with van der Waals surface area (Å²) >= 11 is 3.81. The van der Waals surface area contributed by atoms with Gasteiger partial charge in [0.1, 0.15) is 0 Å². The van der Waals surface area contributed by atoms with Crippen LogP contribution in [0.4, 0.5) is 0 Å². The Morgan fingerprint density at radius 3 is 1.44 bits per heavy atom. The lowest BCUT2D eigenvalue weighted by atomic mass is 9.84. The highest BCUT2D eigenvalue weighted by molar-refractivity contribution is 7.99. The molecule has 0 bridgehead atoms. The Kier molecular flexibility index (Phi) is 8.81. The molecule has 2 N–H and O–H groups in total. The third-order valence-electron chi connectivity index (χ3n) is 3.39. The standard InChI is InChI=1S/C14H28O2S2/c1-11(15)7-17-9-13-3-5-14(6-4-13)10-18-8-12(2)16/h11-16H,3-10H2,1-2H3. The Labute approximate surface area is 120 Å². The summed E-state index contributed by atoms with van der Waals surface area (Å²) in [7, 11) is 0. The number of hydrogen-bond acceptors (Lipinski definition) is 4. The van der Waals surface area contributed by atoms with Gasteiger partial charge in [-0.3, -0.25) is 0 Å². The predicted molar refractivity (Wildman–Crippen MR) is 83.5 cm³/mol. The largest absolute Gasteiger partial charge is 0.393 e. The van der Waals surface area contributed by atoms with Crippen molar-refractivity contribution >= 4 is 23.5 Å². The van der Waals surface area contributed by atoms with E-state index in [9.17, 15) is 10.2 Å². The highest BCUT2D eigenvalue weighted by atomic mass is 32.2. The van der Waals surface area contributed by atoms with Crippen molar-refractivity contribution < 1.29 is 10.2 Å². The number of aliphatic hydroxyl groups excluding tert-OH is 2. The van der Waals surface area contributed by atoms with Crippen LogP contribution in [0.15, 0.2) is 0 Å². The van der Waals surface area contributed by atoms with Gasteiger partial charge in [0.15, 0.2) is 0 Å². The Morgan fingerprint density at radius 2 is 1.17 bits per heavy atom. The lowest BCUT2D eigenvalue weighted by Crippen LogP contribution is -2.19. The zero-order valence-electron chi connectivity index (χ0n) is 11.7. The fraction of sp³-hybridized carbons (Fsp3) is 1.00. The summed E-state index contributed by atoms with van der Waals surface area (Å²) in [6.45, 7) is 3.73. The van der Waals surface area contributed by atoms with Crippen LogP contribution in [-0.2, 0) is 0 Å². The minimum Gasteiger partial charge on any atom is -0.393 e. The summed E-state index contributed by atoms with van der Waals surface area (Å²) in [5.74, 6) is 5.93.